The van der Waals surface area contributed by atoms with E-state index in [1.165, 1.54) is 11.8 Å². The smallest absolute Gasteiger partial charge is 0.307 e. The number of carbonyl (C=O) groups is 1. The predicted molar refractivity (Wildman–Crippen MR) is 68.2 cm³/mol. The molecule has 0 saturated carbocycles. The van der Waals surface area contributed by atoms with Crippen LogP contribution in [0.15, 0.2) is 27.6 Å². The van der Waals surface area contributed by atoms with Crippen LogP contribution in [0.2, 0.25) is 0 Å². The molecule has 1 atom stereocenters. The normalized spacial score (nSPS) is 12.2. The van der Waals surface area contributed by atoms with Crippen LogP contribution in [0.3, 0.4) is 0 Å². The van der Waals surface area contributed by atoms with E-state index in [4.69, 9.17) is 9.84 Å². The van der Waals surface area contributed by atoms with Gasteiger partial charge in [0.15, 0.2) is 0 Å². The van der Waals surface area contributed by atoms with Crippen LogP contribution in [-0.2, 0) is 4.79 Å². The van der Waals surface area contributed by atoms with Crippen molar-refractivity contribution in [2.45, 2.75) is 11.8 Å². The lowest BCUT2D eigenvalue weighted by molar-refractivity contribution is -0.140. The minimum absolute atomic E-state index is 0.367. The Morgan fingerprint density at radius 3 is 2.88 bits per heavy atom. The van der Waals surface area contributed by atoms with Crippen molar-refractivity contribution in [2.75, 3.05) is 12.9 Å². The number of methoxy groups -OCH3 is 1. The number of hydrogen-bond donors (Lipinski definition) is 1. The lowest BCUT2D eigenvalue weighted by Crippen LogP contribution is -2.11. The summed E-state index contributed by atoms with van der Waals surface area (Å²) < 4.78 is 6.16. The number of carboxylic acids is 1. The maximum atomic E-state index is 10.7. The summed E-state index contributed by atoms with van der Waals surface area (Å²) >= 11 is 4.86. The summed E-state index contributed by atoms with van der Waals surface area (Å²) in [7, 11) is 1.61. The Hall–Kier alpha value is -0.680. The Bertz CT molecular complexity index is 381. The van der Waals surface area contributed by atoms with Gasteiger partial charge in [-0.1, -0.05) is 22.9 Å². The quantitative estimate of drug-likeness (QED) is 0.848. The van der Waals surface area contributed by atoms with Gasteiger partial charge in [0.2, 0.25) is 0 Å². The van der Waals surface area contributed by atoms with E-state index in [9.17, 15) is 4.79 Å². The van der Waals surface area contributed by atoms with Crippen LogP contribution in [-0.4, -0.2) is 23.9 Å². The molecule has 0 spiro atoms. The SMILES string of the molecule is COc1ccc(Br)cc1SCC(C)C(=O)O. The second kappa shape index (κ2) is 6.15. The molecule has 0 fully saturated rings. The molecular weight excluding hydrogens is 292 g/mol. The molecule has 16 heavy (non-hydrogen) atoms. The molecule has 0 aliphatic heterocycles. The molecule has 88 valence electrons. The van der Waals surface area contributed by atoms with Gasteiger partial charge in [0.05, 0.1) is 17.9 Å². The van der Waals surface area contributed by atoms with Gasteiger partial charge < -0.3 is 9.84 Å². The first kappa shape index (κ1) is 13.4. The molecule has 1 unspecified atom stereocenters. The molecule has 0 aliphatic carbocycles. The fourth-order valence-electron chi connectivity index (χ4n) is 1.05. The molecule has 0 amide bonds. The van der Waals surface area contributed by atoms with E-state index in [1.807, 2.05) is 18.2 Å². The number of thioether (sulfide) groups is 1. The van der Waals surface area contributed by atoms with Gasteiger partial charge in [0.1, 0.15) is 5.75 Å². The van der Waals surface area contributed by atoms with Crippen molar-refractivity contribution in [1.29, 1.82) is 0 Å². The van der Waals surface area contributed by atoms with E-state index in [1.54, 1.807) is 14.0 Å². The molecule has 0 aromatic heterocycles. The molecule has 1 aromatic carbocycles. The highest BCUT2D eigenvalue weighted by molar-refractivity contribution is 9.10. The van der Waals surface area contributed by atoms with Crippen molar-refractivity contribution in [3.05, 3.63) is 22.7 Å². The van der Waals surface area contributed by atoms with Gasteiger partial charge in [0, 0.05) is 10.2 Å². The fraction of sp³-hybridized carbons (Fsp3) is 0.364. The van der Waals surface area contributed by atoms with Gasteiger partial charge in [0.25, 0.3) is 0 Å². The summed E-state index contributed by atoms with van der Waals surface area (Å²) in [6.45, 7) is 1.69. The Labute approximate surface area is 107 Å². The van der Waals surface area contributed by atoms with Crippen molar-refractivity contribution in [3.63, 3.8) is 0 Å². The van der Waals surface area contributed by atoms with Crippen molar-refractivity contribution >= 4 is 33.7 Å². The van der Waals surface area contributed by atoms with E-state index in [0.717, 1.165) is 15.1 Å². The number of rotatable bonds is 5. The van der Waals surface area contributed by atoms with Crippen molar-refractivity contribution in [3.8, 4) is 5.75 Å². The Morgan fingerprint density at radius 2 is 2.31 bits per heavy atom. The molecule has 1 rings (SSSR count). The first-order chi connectivity index (χ1) is 7.54. The maximum Gasteiger partial charge on any atom is 0.307 e. The molecule has 0 aliphatic rings. The highest BCUT2D eigenvalue weighted by Gasteiger charge is 2.13. The highest BCUT2D eigenvalue weighted by atomic mass is 79.9. The van der Waals surface area contributed by atoms with Crippen molar-refractivity contribution in [1.82, 2.24) is 0 Å². The van der Waals surface area contributed by atoms with Crippen LogP contribution >= 0.6 is 27.7 Å². The minimum atomic E-state index is -0.776. The molecule has 0 saturated heterocycles. The number of ether oxygens (including phenoxy) is 1. The van der Waals surface area contributed by atoms with Gasteiger partial charge in [-0.05, 0) is 18.2 Å². The van der Waals surface area contributed by atoms with Crippen LogP contribution < -0.4 is 4.74 Å². The largest absolute Gasteiger partial charge is 0.496 e. The summed E-state index contributed by atoms with van der Waals surface area (Å²) in [5.74, 6) is 0.156. The maximum absolute atomic E-state index is 10.7. The molecule has 5 heteroatoms. The predicted octanol–water partition coefficient (Wildman–Crippen LogP) is 3.27. The van der Waals surface area contributed by atoms with E-state index in [0.29, 0.717) is 5.75 Å². The number of aliphatic carboxylic acids is 1. The van der Waals surface area contributed by atoms with E-state index in [-0.39, 0.29) is 5.92 Å². The number of halogens is 1. The number of carboxylic acid groups (broad SMARTS) is 1. The molecule has 1 N–H and O–H groups in total. The van der Waals surface area contributed by atoms with E-state index in [2.05, 4.69) is 15.9 Å². The third-order valence-electron chi connectivity index (χ3n) is 2.04. The van der Waals surface area contributed by atoms with Crippen LogP contribution in [0.25, 0.3) is 0 Å². The average Bonchev–Trinajstić information content (AvgIpc) is 2.25. The molecule has 0 heterocycles. The standard InChI is InChI=1S/C11H13BrO3S/c1-7(11(13)14)6-16-10-5-8(12)3-4-9(10)15-2/h3-5,7H,6H2,1-2H3,(H,13,14). The number of hydrogen-bond acceptors (Lipinski definition) is 3. The van der Waals surface area contributed by atoms with Crippen LogP contribution in [0.4, 0.5) is 0 Å². The third kappa shape index (κ3) is 3.72. The average molecular weight is 305 g/mol. The van der Waals surface area contributed by atoms with Gasteiger partial charge in [-0.3, -0.25) is 4.79 Å². The Balaban J connectivity index is 2.72. The zero-order valence-electron chi connectivity index (χ0n) is 9.07. The van der Waals surface area contributed by atoms with Crippen molar-refractivity contribution < 1.29 is 14.6 Å². The summed E-state index contributed by atoms with van der Waals surface area (Å²) in [5, 5.41) is 8.79. The second-order valence-electron chi connectivity index (χ2n) is 3.35. The summed E-state index contributed by atoms with van der Waals surface area (Å²) in [6.07, 6.45) is 0. The van der Waals surface area contributed by atoms with Crippen LogP contribution in [0.1, 0.15) is 6.92 Å². The van der Waals surface area contributed by atoms with Gasteiger partial charge in [-0.25, -0.2) is 0 Å². The fourth-order valence-corrected chi connectivity index (χ4v) is 2.64. The lowest BCUT2D eigenvalue weighted by atomic mass is 10.2. The molecule has 1 aromatic rings. The van der Waals surface area contributed by atoms with Gasteiger partial charge in [-0.15, -0.1) is 11.8 Å². The zero-order chi connectivity index (χ0) is 12.1. The monoisotopic (exact) mass is 304 g/mol. The summed E-state index contributed by atoms with van der Waals surface area (Å²) in [5.41, 5.74) is 0. The van der Waals surface area contributed by atoms with Gasteiger partial charge >= 0.3 is 5.97 Å². The molecule has 0 radical (unpaired) electrons. The topological polar surface area (TPSA) is 46.5 Å². The Kier molecular flexibility index (Phi) is 5.15. The minimum Gasteiger partial charge on any atom is -0.496 e. The summed E-state index contributed by atoms with van der Waals surface area (Å²) in [6, 6.07) is 5.68. The lowest BCUT2D eigenvalue weighted by Gasteiger charge is -2.10. The summed E-state index contributed by atoms with van der Waals surface area (Å²) in [4.78, 5) is 11.6. The van der Waals surface area contributed by atoms with Crippen LogP contribution in [0, 0.1) is 5.92 Å². The highest BCUT2D eigenvalue weighted by Crippen LogP contribution is 2.32. The first-order valence-electron chi connectivity index (χ1n) is 4.73. The number of benzene rings is 1. The molecule has 0 bridgehead atoms. The van der Waals surface area contributed by atoms with Gasteiger partial charge in [-0.2, -0.15) is 0 Å². The zero-order valence-corrected chi connectivity index (χ0v) is 11.5. The Morgan fingerprint density at radius 1 is 1.62 bits per heavy atom. The van der Waals surface area contributed by atoms with Crippen molar-refractivity contribution in [2.24, 2.45) is 5.92 Å². The van der Waals surface area contributed by atoms with Crippen LogP contribution in [0.5, 0.6) is 5.75 Å². The molecule has 3 nitrogen and oxygen atoms in total. The second-order valence-corrected chi connectivity index (χ2v) is 5.32. The third-order valence-corrected chi connectivity index (χ3v) is 3.83. The first-order valence-corrected chi connectivity index (χ1v) is 6.51. The van der Waals surface area contributed by atoms with E-state index >= 15 is 0 Å². The molecular formula is C11H13BrO3S. The van der Waals surface area contributed by atoms with E-state index < -0.39 is 5.97 Å².